The SMILES string of the molecule is O=C(CCCN1C(=O)c2ccccc2C1=O)Nc1ccc(-c2nnc(-c3ccccc3)o2)cc1. The van der Waals surface area contributed by atoms with Crippen LogP contribution in [0.1, 0.15) is 33.6 Å². The third-order valence-electron chi connectivity index (χ3n) is 5.53. The fourth-order valence-corrected chi connectivity index (χ4v) is 3.80. The van der Waals surface area contributed by atoms with Crippen molar-refractivity contribution in [2.24, 2.45) is 0 Å². The molecule has 1 N–H and O–H groups in total. The summed E-state index contributed by atoms with van der Waals surface area (Å²) in [6.07, 6.45) is 0.554. The van der Waals surface area contributed by atoms with Gasteiger partial charge in [-0.05, 0) is 55.0 Å². The molecule has 0 spiro atoms. The molecule has 1 aliphatic rings. The number of hydrogen-bond acceptors (Lipinski definition) is 6. The zero-order valence-electron chi connectivity index (χ0n) is 18.1. The summed E-state index contributed by atoms with van der Waals surface area (Å²) in [6.45, 7) is 0.194. The minimum Gasteiger partial charge on any atom is -0.416 e. The van der Waals surface area contributed by atoms with Gasteiger partial charge < -0.3 is 9.73 Å². The number of amides is 3. The molecule has 4 aromatic rings. The summed E-state index contributed by atoms with van der Waals surface area (Å²) < 4.78 is 5.75. The summed E-state index contributed by atoms with van der Waals surface area (Å²) in [5.41, 5.74) is 3.02. The Balaban J connectivity index is 1.14. The summed E-state index contributed by atoms with van der Waals surface area (Å²) in [5.74, 6) is -0.00156. The van der Waals surface area contributed by atoms with Crippen LogP contribution in [0.4, 0.5) is 5.69 Å². The van der Waals surface area contributed by atoms with Crippen molar-refractivity contribution in [3.63, 3.8) is 0 Å². The summed E-state index contributed by atoms with van der Waals surface area (Å²) in [7, 11) is 0. The zero-order chi connectivity index (χ0) is 23.5. The van der Waals surface area contributed by atoms with Gasteiger partial charge in [-0.3, -0.25) is 19.3 Å². The van der Waals surface area contributed by atoms with Crippen molar-refractivity contribution < 1.29 is 18.8 Å². The lowest BCUT2D eigenvalue weighted by Gasteiger charge is -2.13. The maximum Gasteiger partial charge on any atom is 0.261 e. The standard InChI is InChI=1S/C26H20N4O4/c31-22(11-6-16-30-25(32)20-9-4-5-10-21(20)26(30)33)27-19-14-12-18(13-15-19)24-29-28-23(34-24)17-7-2-1-3-8-17/h1-5,7-10,12-15H,6,11,16H2,(H,27,31). The Hall–Kier alpha value is -4.59. The lowest BCUT2D eigenvalue weighted by atomic mass is 10.1. The van der Waals surface area contributed by atoms with Crippen LogP contribution in [0.2, 0.25) is 0 Å². The van der Waals surface area contributed by atoms with Crippen LogP contribution in [0.15, 0.2) is 83.3 Å². The monoisotopic (exact) mass is 452 g/mol. The molecule has 1 aliphatic heterocycles. The minimum atomic E-state index is -0.312. The topological polar surface area (TPSA) is 105 Å². The number of nitrogens with one attached hydrogen (secondary N) is 1. The van der Waals surface area contributed by atoms with Crippen LogP contribution in [-0.2, 0) is 4.79 Å². The first kappa shape index (κ1) is 21.3. The summed E-state index contributed by atoms with van der Waals surface area (Å²) >= 11 is 0. The Bertz CT molecular complexity index is 1330. The van der Waals surface area contributed by atoms with E-state index in [4.69, 9.17) is 4.42 Å². The van der Waals surface area contributed by atoms with E-state index in [0.29, 0.717) is 35.0 Å². The molecule has 168 valence electrons. The van der Waals surface area contributed by atoms with E-state index in [1.165, 1.54) is 4.90 Å². The predicted octanol–water partition coefficient (Wildman–Crippen LogP) is 4.42. The molecule has 34 heavy (non-hydrogen) atoms. The van der Waals surface area contributed by atoms with Crippen molar-refractivity contribution in [1.29, 1.82) is 0 Å². The van der Waals surface area contributed by atoms with Crippen LogP contribution in [-0.4, -0.2) is 39.4 Å². The molecule has 0 radical (unpaired) electrons. The highest BCUT2D eigenvalue weighted by atomic mass is 16.4. The maximum atomic E-state index is 12.4. The van der Waals surface area contributed by atoms with Gasteiger partial charge in [-0.1, -0.05) is 30.3 Å². The van der Waals surface area contributed by atoms with Gasteiger partial charge in [-0.15, -0.1) is 10.2 Å². The van der Waals surface area contributed by atoms with E-state index in [1.54, 1.807) is 48.5 Å². The maximum absolute atomic E-state index is 12.4. The first-order chi connectivity index (χ1) is 16.6. The zero-order valence-corrected chi connectivity index (χ0v) is 18.1. The average Bonchev–Trinajstić information content (AvgIpc) is 3.45. The molecule has 8 heteroatoms. The van der Waals surface area contributed by atoms with Crippen molar-refractivity contribution in [3.8, 4) is 22.9 Å². The fourth-order valence-electron chi connectivity index (χ4n) is 3.80. The van der Waals surface area contributed by atoms with Crippen molar-refractivity contribution >= 4 is 23.4 Å². The van der Waals surface area contributed by atoms with Gasteiger partial charge in [0.05, 0.1) is 11.1 Å². The Morgan fingerprint density at radius 3 is 1.94 bits per heavy atom. The van der Waals surface area contributed by atoms with Crippen LogP contribution in [0, 0.1) is 0 Å². The Labute approximate surface area is 195 Å². The predicted molar refractivity (Wildman–Crippen MR) is 125 cm³/mol. The Morgan fingerprint density at radius 2 is 1.32 bits per heavy atom. The summed E-state index contributed by atoms with van der Waals surface area (Å²) in [4.78, 5) is 38.3. The van der Waals surface area contributed by atoms with Gasteiger partial charge in [0.15, 0.2) is 0 Å². The van der Waals surface area contributed by atoms with E-state index in [1.807, 2.05) is 30.3 Å². The molecule has 3 amide bonds. The van der Waals surface area contributed by atoms with Gasteiger partial charge in [-0.2, -0.15) is 0 Å². The highest BCUT2D eigenvalue weighted by molar-refractivity contribution is 6.21. The first-order valence-corrected chi connectivity index (χ1v) is 10.8. The molecule has 5 rings (SSSR count). The van der Waals surface area contributed by atoms with E-state index in [-0.39, 0.29) is 30.7 Å². The molecule has 0 atom stereocenters. The highest BCUT2D eigenvalue weighted by Crippen LogP contribution is 2.25. The largest absolute Gasteiger partial charge is 0.416 e. The number of hydrogen-bond donors (Lipinski definition) is 1. The van der Waals surface area contributed by atoms with Crippen LogP contribution in [0.3, 0.4) is 0 Å². The summed E-state index contributed by atoms with van der Waals surface area (Å²) in [6, 6.07) is 23.3. The van der Waals surface area contributed by atoms with Crippen LogP contribution in [0.5, 0.6) is 0 Å². The molecular formula is C26H20N4O4. The van der Waals surface area contributed by atoms with Crippen molar-refractivity contribution in [1.82, 2.24) is 15.1 Å². The number of rotatable bonds is 7. The first-order valence-electron chi connectivity index (χ1n) is 10.8. The van der Waals surface area contributed by atoms with Gasteiger partial charge in [0.1, 0.15) is 0 Å². The third-order valence-corrected chi connectivity index (χ3v) is 5.53. The summed E-state index contributed by atoms with van der Waals surface area (Å²) in [5, 5.41) is 11.0. The van der Waals surface area contributed by atoms with Gasteiger partial charge in [0.2, 0.25) is 17.7 Å². The number of benzene rings is 3. The van der Waals surface area contributed by atoms with E-state index in [0.717, 1.165) is 11.1 Å². The van der Waals surface area contributed by atoms with Crippen molar-refractivity contribution in [3.05, 3.63) is 90.0 Å². The molecule has 0 aliphatic carbocycles. The van der Waals surface area contributed by atoms with E-state index in [9.17, 15) is 14.4 Å². The average molecular weight is 452 g/mol. The molecule has 0 bridgehead atoms. The van der Waals surface area contributed by atoms with Crippen molar-refractivity contribution in [2.45, 2.75) is 12.8 Å². The number of anilines is 1. The molecule has 3 aromatic carbocycles. The number of aromatic nitrogens is 2. The van der Waals surface area contributed by atoms with E-state index < -0.39 is 0 Å². The van der Waals surface area contributed by atoms with Gasteiger partial charge >= 0.3 is 0 Å². The fraction of sp³-hybridized carbons (Fsp3) is 0.115. The number of imide groups is 1. The number of carbonyl (C=O) groups is 3. The number of fused-ring (bicyclic) bond motifs is 1. The van der Waals surface area contributed by atoms with Crippen molar-refractivity contribution in [2.75, 3.05) is 11.9 Å². The molecule has 2 heterocycles. The van der Waals surface area contributed by atoms with Gasteiger partial charge in [0, 0.05) is 29.8 Å². The second-order valence-electron chi connectivity index (χ2n) is 7.81. The minimum absolute atomic E-state index is 0.180. The number of nitrogens with zero attached hydrogens (tertiary/aromatic N) is 3. The quantitative estimate of drug-likeness (QED) is 0.416. The third kappa shape index (κ3) is 4.21. The van der Waals surface area contributed by atoms with Crippen LogP contribution >= 0.6 is 0 Å². The van der Waals surface area contributed by atoms with E-state index in [2.05, 4.69) is 15.5 Å². The van der Waals surface area contributed by atoms with Gasteiger partial charge in [0.25, 0.3) is 11.8 Å². The molecular weight excluding hydrogens is 432 g/mol. The lowest BCUT2D eigenvalue weighted by molar-refractivity contribution is -0.116. The molecule has 1 aromatic heterocycles. The second-order valence-corrected chi connectivity index (χ2v) is 7.81. The van der Waals surface area contributed by atoms with Crippen LogP contribution in [0.25, 0.3) is 22.9 Å². The Morgan fingerprint density at radius 1 is 0.765 bits per heavy atom. The molecule has 8 nitrogen and oxygen atoms in total. The lowest BCUT2D eigenvalue weighted by Crippen LogP contribution is -2.31. The smallest absolute Gasteiger partial charge is 0.261 e. The Kier molecular flexibility index (Phi) is 5.70. The normalized spacial score (nSPS) is 12.6. The second kappa shape index (κ2) is 9.11. The van der Waals surface area contributed by atoms with Crippen LogP contribution < -0.4 is 5.32 Å². The molecule has 0 unspecified atom stereocenters. The number of carbonyl (C=O) groups excluding carboxylic acids is 3. The van der Waals surface area contributed by atoms with E-state index >= 15 is 0 Å². The highest BCUT2D eigenvalue weighted by Gasteiger charge is 2.34. The molecule has 0 fully saturated rings. The van der Waals surface area contributed by atoms with Gasteiger partial charge in [-0.25, -0.2) is 0 Å². The molecule has 0 saturated carbocycles. The molecule has 0 saturated heterocycles.